The van der Waals surface area contributed by atoms with E-state index in [1.807, 2.05) is 0 Å². The molecule has 2 aliphatic rings. The first-order valence-corrected chi connectivity index (χ1v) is 12.8. The number of hydrogen-bond acceptors (Lipinski definition) is 4. The topological polar surface area (TPSA) is 75.7 Å². The summed E-state index contributed by atoms with van der Waals surface area (Å²) in [5.74, 6) is -1.16. The molecule has 2 aromatic carbocycles. The standard InChI is InChI=1S/C23H25ClF2N2O4S/c1-2-33(30,31)27-22-18(25)13-28(23(29)20-9-10-32-20)19(22)12-15-6-4-8-17(21(15)26)14-5-3-7-16(24)11-14/h3-8,11,18-20,22,27H,2,9-10,12-13H2,1H3/t18-,19-,20?,22-/m0/s1. The quantitative estimate of drug-likeness (QED) is 0.635. The second kappa shape index (κ2) is 9.66. The van der Waals surface area contributed by atoms with Crippen molar-refractivity contribution >= 4 is 27.5 Å². The van der Waals surface area contributed by atoms with Gasteiger partial charge in [0.15, 0.2) is 0 Å². The molecule has 33 heavy (non-hydrogen) atoms. The summed E-state index contributed by atoms with van der Waals surface area (Å²) in [7, 11) is -3.76. The maximum atomic E-state index is 15.5. The maximum absolute atomic E-state index is 15.5. The Morgan fingerprint density at radius 3 is 2.64 bits per heavy atom. The van der Waals surface area contributed by atoms with Crippen LogP contribution in [0.4, 0.5) is 8.78 Å². The molecule has 2 fully saturated rings. The minimum absolute atomic E-state index is 0.0595. The SMILES string of the molecule is CCS(=O)(=O)N[C@H]1[C@@H](F)CN(C(=O)C2CCO2)[C@H]1Cc1cccc(-c2cccc(Cl)c2)c1F. The fourth-order valence-electron chi connectivity index (χ4n) is 4.26. The van der Waals surface area contributed by atoms with Crippen molar-refractivity contribution in [3.05, 3.63) is 58.9 Å². The van der Waals surface area contributed by atoms with Crippen molar-refractivity contribution in [1.82, 2.24) is 9.62 Å². The number of ether oxygens (including phenoxy) is 1. The van der Waals surface area contributed by atoms with E-state index in [2.05, 4.69) is 4.72 Å². The Morgan fingerprint density at radius 2 is 2.00 bits per heavy atom. The van der Waals surface area contributed by atoms with Crippen molar-refractivity contribution < 1.29 is 26.7 Å². The summed E-state index contributed by atoms with van der Waals surface area (Å²) in [5.41, 5.74) is 1.14. The van der Waals surface area contributed by atoms with E-state index in [1.54, 1.807) is 42.5 Å². The van der Waals surface area contributed by atoms with Crippen molar-refractivity contribution in [3.8, 4) is 11.1 Å². The molecule has 178 valence electrons. The van der Waals surface area contributed by atoms with Gasteiger partial charge in [0.2, 0.25) is 10.0 Å². The summed E-state index contributed by atoms with van der Waals surface area (Å²) in [6, 6.07) is 9.51. The van der Waals surface area contributed by atoms with Crippen molar-refractivity contribution in [2.75, 3.05) is 18.9 Å². The maximum Gasteiger partial charge on any atom is 0.252 e. The van der Waals surface area contributed by atoms with Crippen molar-refractivity contribution in [1.29, 1.82) is 0 Å². The van der Waals surface area contributed by atoms with Gasteiger partial charge in [0.05, 0.1) is 31.0 Å². The summed E-state index contributed by atoms with van der Waals surface area (Å²) in [6.07, 6.45) is -1.85. The zero-order chi connectivity index (χ0) is 23.8. The Balaban J connectivity index is 1.68. The van der Waals surface area contributed by atoms with Crippen LogP contribution >= 0.6 is 11.6 Å². The lowest BCUT2D eigenvalue weighted by atomic mass is 9.95. The first kappa shape index (κ1) is 24.1. The first-order valence-electron chi connectivity index (χ1n) is 10.8. The molecular weight excluding hydrogens is 474 g/mol. The molecule has 1 amide bonds. The molecule has 0 aliphatic carbocycles. The lowest BCUT2D eigenvalue weighted by Crippen LogP contribution is -2.53. The lowest BCUT2D eigenvalue weighted by Gasteiger charge is -2.34. The van der Waals surface area contributed by atoms with E-state index < -0.39 is 46.1 Å². The van der Waals surface area contributed by atoms with Gasteiger partial charge in [-0.15, -0.1) is 0 Å². The fourth-order valence-corrected chi connectivity index (χ4v) is 5.34. The number of amides is 1. The van der Waals surface area contributed by atoms with Gasteiger partial charge >= 0.3 is 0 Å². The highest BCUT2D eigenvalue weighted by Crippen LogP contribution is 2.32. The zero-order valence-corrected chi connectivity index (χ0v) is 19.6. The molecule has 6 nitrogen and oxygen atoms in total. The number of benzene rings is 2. The van der Waals surface area contributed by atoms with Crippen molar-refractivity contribution in [2.24, 2.45) is 0 Å². The lowest BCUT2D eigenvalue weighted by molar-refractivity contribution is -0.157. The normalized spacial score (nSPS) is 25.2. The van der Waals surface area contributed by atoms with Gasteiger partial charge in [-0.05, 0) is 36.6 Å². The van der Waals surface area contributed by atoms with Crippen LogP contribution < -0.4 is 4.72 Å². The summed E-state index contributed by atoms with van der Waals surface area (Å²) in [6.45, 7) is 1.60. The number of nitrogens with one attached hydrogen (secondary N) is 1. The van der Waals surface area contributed by atoms with Crippen LogP contribution in [-0.4, -0.2) is 62.5 Å². The van der Waals surface area contributed by atoms with E-state index in [1.165, 1.54) is 11.8 Å². The van der Waals surface area contributed by atoms with Crippen LogP contribution in [0.3, 0.4) is 0 Å². The van der Waals surface area contributed by atoms with Crippen LogP contribution in [0, 0.1) is 5.82 Å². The van der Waals surface area contributed by atoms with E-state index in [9.17, 15) is 13.2 Å². The molecule has 0 saturated carbocycles. The first-order chi connectivity index (χ1) is 15.7. The summed E-state index contributed by atoms with van der Waals surface area (Å²) < 4.78 is 62.6. The van der Waals surface area contributed by atoms with E-state index in [0.29, 0.717) is 29.2 Å². The molecule has 1 unspecified atom stereocenters. The van der Waals surface area contributed by atoms with Crippen LogP contribution in [0.25, 0.3) is 11.1 Å². The number of carbonyl (C=O) groups is 1. The van der Waals surface area contributed by atoms with Crippen LogP contribution in [0.1, 0.15) is 18.9 Å². The highest BCUT2D eigenvalue weighted by molar-refractivity contribution is 7.89. The van der Waals surface area contributed by atoms with Gasteiger partial charge in [-0.1, -0.05) is 41.9 Å². The van der Waals surface area contributed by atoms with Crippen LogP contribution in [0.5, 0.6) is 0 Å². The molecule has 2 heterocycles. The third-order valence-electron chi connectivity index (χ3n) is 6.17. The van der Waals surface area contributed by atoms with Crippen molar-refractivity contribution in [3.63, 3.8) is 0 Å². The second-order valence-corrected chi connectivity index (χ2v) is 10.7. The second-order valence-electron chi connectivity index (χ2n) is 8.26. The molecular formula is C23H25ClF2N2O4S. The van der Waals surface area contributed by atoms with Gasteiger partial charge in [0, 0.05) is 17.0 Å². The molecule has 2 aromatic rings. The Hall–Kier alpha value is -2.07. The van der Waals surface area contributed by atoms with E-state index in [0.717, 1.165) is 0 Å². The summed E-state index contributed by atoms with van der Waals surface area (Å²) >= 11 is 6.05. The van der Waals surface area contributed by atoms with Gasteiger partial charge < -0.3 is 9.64 Å². The minimum atomic E-state index is -3.76. The minimum Gasteiger partial charge on any atom is -0.368 e. The number of halogens is 3. The molecule has 0 aromatic heterocycles. The molecule has 0 spiro atoms. The number of sulfonamides is 1. The Kier molecular flexibility index (Phi) is 7.04. The van der Waals surface area contributed by atoms with Gasteiger partial charge in [-0.2, -0.15) is 0 Å². The number of alkyl halides is 1. The Bertz CT molecular complexity index is 1140. The predicted molar refractivity (Wildman–Crippen MR) is 122 cm³/mol. The third-order valence-corrected chi connectivity index (χ3v) is 7.80. The molecule has 1 N–H and O–H groups in total. The monoisotopic (exact) mass is 498 g/mol. The smallest absolute Gasteiger partial charge is 0.252 e. The molecule has 2 aliphatic heterocycles. The highest BCUT2D eigenvalue weighted by atomic mass is 35.5. The van der Waals surface area contributed by atoms with E-state index in [4.69, 9.17) is 16.3 Å². The average molecular weight is 499 g/mol. The molecule has 10 heteroatoms. The Labute approximate surface area is 196 Å². The molecule has 0 radical (unpaired) electrons. The fraction of sp³-hybridized carbons (Fsp3) is 0.435. The summed E-state index contributed by atoms with van der Waals surface area (Å²) in [4.78, 5) is 14.2. The van der Waals surface area contributed by atoms with Gasteiger partial charge in [-0.25, -0.2) is 21.9 Å². The largest absolute Gasteiger partial charge is 0.368 e. The Morgan fingerprint density at radius 1 is 1.27 bits per heavy atom. The molecule has 4 rings (SSSR count). The van der Waals surface area contributed by atoms with E-state index >= 15 is 8.78 Å². The average Bonchev–Trinajstić information content (AvgIpc) is 3.03. The highest BCUT2D eigenvalue weighted by Gasteiger charge is 2.48. The zero-order valence-electron chi connectivity index (χ0n) is 18.0. The van der Waals surface area contributed by atoms with Crippen LogP contribution in [-0.2, 0) is 26.0 Å². The molecule has 0 bridgehead atoms. The number of likely N-dealkylation sites (tertiary alicyclic amines) is 1. The number of hydrogen-bond donors (Lipinski definition) is 1. The van der Waals surface area contributed by atoms with Crippen LogP contribution in [0.15, 0.2) is 42.5 Å². The van der Waals surface area contributed by atoms with Crippen LogP contribution in [0.2, 0.25) is 5.02 Å². The summed E-state index contributed by atoms with van der Waals surface area (Å²) in [5, 5.41) is 0.458. The number of rotatable bonds is 7. The van der Waals surface area contributed by atoms with Gasteiger partial charge in [0.25, 0.3) is 5.91 Å². The van der Waals surface area contributed by atoms with Crippen molar-refractivity contribution in [2.45, 2.75) is 44.1 Å². The van der Waals surface area contributed by atoms with E-state index in [-0.39, 0.29) is 24.3 Å². The predicted octanol–water partition coefficient (Wildman–Crippen LogP) is 3.33. The van der Waals surface area contributed by atoms with Gasteiger partial charge in [-0.3, -0.25) is 4.79 Å². The molecule has 4 atom stereocenters. The third kappa shape index (κ3) is 5.06. The van der Waals surface area contributed by atoms with Gasteiger partial charge in [0.1, 0.15) is 18.1 Å². The number of carbonyl (C=O) groups excluding carboxylic acids is 1. The number of nitrogens with zero attached hydrogens (tertiary/aromatic N) is 1. The molecule has 2 saturated heterocycles.